The number of carboxylic acid groups (broad SMARTS) is 2. The van der Waals surface area contributed by atoms with Crippen molar-refractivity contribution in [3.63, 3.8) is 0 Å². The van der Waals surface area contributed by atoms with Crippen molar-refractivity contribution in [2.45, 2.75) is 77.5 Å². The third-order valence-corrected chi connectivity index (χ3v) is 5.63. The zero-order valence-electron chi connectivity index (χ0n) is 21.6. The first kappa shape index (κ1) is 31.4. The van der Waals surface area contributed by atoms with Crippen molar-refractivity contribution >= 4 is 29.7 Å². The summed E-state index contributed by atoms with van der Waals surface area (Å²) in [6.45, 7) is 7.25. The summed E-state index contributed by atoms with van der Waals surface area (Å²) in [5.74, 6) is -4.83. The highest BCUT2D eigenvalue weighted by molar-refractivity contribution is 5.94. The van der Waals surface area contributed by atoms with Gasteiger partial charge in [0.25, 0.3) is 0 Å². The molecule has 0 saturated heterocycles. The number of nitrogens with one attached hydrogen (secondary N) is 3. The van der Waals surface area contributed by atoms with Gasteiger partial charge >= 0.3 is 11.9 Å². The van der Waals surface area contributed by atoms with E-state index in [0.717, 1.165) is 0 Å². The summed E-state index contributed by atoms with van der Waals surface area (Å²) < 4.78 is 0. The van der Waals surface area contributed by atoms with E-state index in [9.17, 15) is 34.2 Å². The van der Waals surface area contributed by atoms with Crippen LogP contribution in [0.25, 0.3) is 0 Å². The Labute approximate surface area is 216 Å². The Kier molecular flexibility index (Phi) is 12.5. The monoisotopic (exact) mass is 522 g/mol. The molecular formula is C25H38N4O8. The number of aromatic hydroxyl groups is 1. The van der Waals surface area contributed by atoms with Crippen LogP contribution in [0.1, 0.15) is 52.5 Å². The molecule has 4 atom stereocenters. The lowest BCUT2D eigenvalue weighted by molar-refractivity contribution is -0.143. The van der Waals surface area contributed by atoms with E-state index in [1.165, 1.54) is 24.3 Å². The quantitative estimate of drug-likeness (QED) is 0.169. The molecule has 0 aliphatic carbocycles. The maximum Gasteiger partial charge on any atom is 0.326 e. The first-order chi connectivity index (χ1) is 17.2. The number of carboxylic acids is 2. The van der Waals surface area contributed by atoms with E-state index in [1.807, 2.05) is 13.8 Å². The average molecular weight is 523 g/mol. The van der Waals surface area contributed by atoms with E-state index in [2.05, 4.69) is 16.0 Å². The Balaban J connectivity index is 3.17. The molecule has 37 heavy (non-hydrogen) atoms. The molecule has 0 aromatic heterocycles. The maximum atomic E-state index is 13.2. The van der Waals surface area contributed by atoms with Crippen LogP contribution in [-0.4, -0.2) is 69.1 Å². The number of rotatable bonds is 15. The SMILES string of the molecule is CC(C)CC(NC(=O)C(N)C(C)C)C(=O)NC(Cc1ccc(O)cc1)C(=O)NC(CCC(=O)O)C(=O)O. The smallest absolute Gasteiger partial charge is 0.326 e. The van der Waals surface area contributed by atoms with Crippen LogP contribution in [-0.2, 0) is 30.4 Å². The maximum absolute atomic E-state index is 13.2. The Morgan fingerprint density at radius 2 is 1.32 bits per heavy atom. The lowest BCUT2D eigenvalue weighted by atomic mass is 9.99. The molecule has 0 aliphatic heterocycles. The molecule has 12 nitrogen and oxygen atoms in total. The molecule has 0 saturated carbocycles. The van der Waals surface area contributed by atoms with Crippen molar-refractivity contribution in [1.29, 1.82) is 0 Å². The van der Waals surface area contributed by atoms with E-state index in [-0.39, 0.29) is 36.8 Å². The standard InChI is InChI=1S/C25H38N4O8/c1-13(2)11-18(29-24(35)21(26)14(3)4)22(33)28-19(12-15-5-7-16(30)8-6-15)23(34)27-17(25(36)37)9-10-20(31)32/h5-8,13-14,17-19,21,30H,9-12,26H2,1-4H3,(H,27,34)(H,28,33)(H,29,35)(H,31,32)(H,36,37). The largest absolute Gasteiger partial charge is 0.508 e. The van der Waals surface area contributed by atoms with Gasteiger partial charge in [-0.1, -0.05) is 39.8 Å². The van der Waals surface area contributed by atoms with Crippen molar-refractivity contribution < 1.29 is 39.3 Å². The van der Waals surface area contributed by atoms with Crippen LogP contribution in [0, 0.1) is 11.8 Å². The zero-order chi connectivity index (χ0) is 28.3. The van der Waals surface area contributed by atoms with Crippen LogP contribution in [0.3, 0.4) is 0 Å². The van der Waals surface area contributed by atoms with Gasteiger partial charge in [0.2, 0.25) is 17.7 Å². The first-order valence-corrected chi connectivity index (χ1v) is 12.1. The molecule has 0 bridgehead atoms. The summed E-state index contributed by atoms with van der Waals surface area (Å²) >= 11 is 0. The Hall–Kier alpha value is -3.67. The van der Waals surface area contributed by atoms with Gasteiger partial charge in [-0.3, -0.25) is 19.2 Å². The molecule has 1 aromatic rings. The number of aliphatic carboxylic acids is 2. The zero-order valence-corrected chi connectivity index (χ0v) is 21.6. The van der Waals surface area contributed by atoms with Gasteiger partial charge in [0.15, 0.2) is 0 Å². The van der Waals surface area contributed by atoms with Gasteiger partial charge in [0, 0.05) is 12.8 Å². The van der Waals surface area contributed by atoms with E-state index in [0.29, 0.717) is 5.56 Å². The summed E-state index contributed by atoms with van der Waals surface area (Å²) in [4.78, 5) is 61.3. The minimum atomic E-state index is -1.49. The fraction of sp³-hybridized carbons (Fsp3) is 0.560. The normalized spacial score (nSPS) is 14.4. The summed E-state index contributed by atoms with van der Waals surface area (Å²) in [5.41, 5.74) is 6.47. The highest BCUT2D eigenvalue weighted by atomic mass is 16.4. The van der Waals surface area contributed by atoms with E-state index in [4.69, 9.17) is 10.8 Å². The molecule has 1 aromatic carbocycles. The van der Waals surface area contributed by atoms with Crippen LogP contribution in [0.15, 0.2) is 24.3 Å². The van der Waals surface area contributed by atoms with Gasteiger partial charge in [0.05, 0.1) is 6.04 Å². The van der Waals surface area contributed by atoms with Crippen molar-refractivity contribution in [2.75, 3.05) is 0 Å². The van der Waals surface area contributed by atoms with E-state index < -0.39 is 60.2 Å². The number of phenols is 1. The number of hydrogen-bond acceptors (Lipinski definition) is 7. The van der Waals surface area contributed by atoms with Crippen molar-refractivity contribution in [1.82, 2.24) is 16.0 Å². The Bertz CT molecular complexity index is 949. The lowest BCUT2D eigenvalue weighted by Crippen LogP contribution is -2.58. The molecule has 12 heteroatoms. The average Bonchev–Trinajstić information content (AvgIpc) is 2.80. The van der Waals surface area contributed by atoms with Gasteiger partial charge < -0.3 is 37.0 Å². The number of amides is 3. The number of phenolic OH excluding ortho intramolecular Hbond substituents is 1. The third kappa shape index (κ3) is 11.3. The van der Waals surface area contributed by atoms with Gasteiger partial charge in [0.1, 0.15) is 23.9 Å². The molecule has 206 valence electrons. The molecule has 8 N–H and O–H groups in total. The molecule has 3 amide bonds. The number of carbonyl (C=O) groups excluding carboxylic acids is 3. The molecule has 0 aliphatic rings. The fourth-order valence-electron chi connectivity index (χ4n) is 3.42. The fourth-order valence-corrected chi connectivity index (χ4v) is 3.42. The van der Waals surface area contributed by atoms with Crippen LogP contribution >= 0.6 is 0 Å². The second-order valence-corrected chi connectivity index (χ2v) is 9.72. The van der Waals surface area contributed by atoms with E-state index >= 15 is 0 Å². The Morgan fingerprint density at radius 3 is 1.81 bits per heavy atom. The van der Waals surface area contributed by atoms with Crippen LogP contribution in [0.4, 0.5) is 0 Å². The van der Waals surface area contributed by atoms with Crippen LogP contribution in [0.5, 0.6) is 5.75 Å². The lowest BCUT2D eigenvalue weighted by Gasteiger charge is -2.26. The van der Waals surface area contributed by atoms with Gasteiger partial charge in [-0.2, -0.15) is 0 Å². The van der Waals surface area contributed by atoms with Crippen molar-refractivity contribution in [3.8, 4) is 5.75 Å². The number of carbonyl (C=O) groups is 5. The second kappa shape index (κ2) is 14.8. The molecular weight excluding hydrogens is 484 g/mol. The van der Waals surface area contributed by atoms with E-state index in [1.54, 1.807) is 13.8 Å². The number of hydrogen-bond donors (Lipinski definition) is 7. The molecule has 0 heterocycles. The van der Waals surface area contributed by atoms with Crippen molar-refractivity contribution in [2.24, 2.45) is 17.6 Å². The summed E-state index contributed by atoms with van der Waals surface area (Å²) in [6.07, 6.45) is -0.635. The molecule has 0 fully saturated rings. The van der Waals surface area contributed by atoms with Crippen LogP contribution < -0.4 is 21.7 Å². The molecule has 4 unspecified atom stereocenters. The highest BCUT2D eigenvalue weighted by Crippen LogP contribution is 2.13. The van der Waals surface area contributed by atoms with Gasteiger partial charge in [-0.05, 0) is 42.4 Å². The topological polar surface area (TPSA) is 208 Å². The minimum absolute atomic E-state index is 0.00288. The molecule has 1 rings (SSSR count). The van der Waals surface area contributed by atoms with Gasteiger partial charge in [-0.15, -0.1) is 0 Å². The van der Waals surface area contributed by atoms with Crippen molar-refractivity contribution in [3.05, 3.63) is 29.8 Å². The summed E-state index contributed by atoms with van der Waals surface area (Å²) in [6, 6.07) is 1.28. The van der Waals surface area contributed by atoms with Crippen LogP contribution in [0.2, 0.25) is 0 Å². The summed E-state index contributed by atoms with van der Waals surface area (Å²) in [5, 5.41) is 35.4. The predicted molar refractivity (Wildman–Crippen MR) is 134 cm³/mol. The molecule has 0 radical (unpaired) electrons. The number of benzene rings is 1. The second-order valence-electron chi connectivity index (χ2n) is 9.72. The third-order valence-electron chi connectivity index (χ3n) is 5.63. The Morgan fingerprint density at radius 1 is 0.811 bits per heavy atom. The first-order valence-electron chi connectivity index (χ1n) is 12.1. The number of nitrogens with two attached hydrogens (primary N) is 1. The molecule has 0 spiro atoms. The van der Waals surface area contributed by atoms with Gasteiger partial charge in [-0.25, -0.2) is 4.79 Å². The highest BCUT2D eigenvalue weighted by Gasteiger charge is 2.31. The minimum Gasteiger partial charge on any atom is -0.508 e. The summed E-state index contributed by atoms with van der Waals surface area (Å²) in [7, 11) is 0. The predicted octanol–water partition coefficient (Wildman–Crippen LogP) is 0.368.